The predicted molar refractivity (Wildman–Crippen MR) is 73.4 cm³/mol. The Morgan fingerprint density at radius 3 is 2.63 bits per heavy atom. The minimum Gasteiger partial charge on any atom is -0.369 e. The van der Waals surface area contributed by atoms with Gasteiger partial charge in [-0.05, 0) is 26.8 Å². The molecule has 7 heteroatoms. The molecule has 2 aromatic rings. The van der Waals surface area contributed by atoms with Crippen LogP contribution in [0.5, 0.6) is 0 Å². The van der Waals surface area contributed by atoms with E-state index in [1.165, 1.54) is 0 Å². The summed E-state index contributed by atoms with van der Waals surface area (Å²) in [5, 5.41) is 11.4. The lowest BCUT2D eigenvalue weighted by molar-refractivity contribution is 0.394. The van der Waals surface area contributed by atoms with Gasteiger partial charge in [-0.2, -0.15) is 5.10 Å². The summed E-state index contributed by atoms with van der Waals surface area (Å²) in [5.41, 5.74) is 13.4. The lowest BCUT2D eigenvalue weighted by Gasteiger charge is -2.03. The maximum absolute atomic E-state index is 5.21. The summed E-state index contributed by atoms with van der Waals surface area (Å²) in [4.78, 5) is 0. The third-order valence-corrected chi connectivity index (χ3v) is 2.68. The van der Waals surface area contributed by atoms with E-state index >= 15 is 0 Å². The molecule has 4 N–H and O–H groups in total. The fraction of sp³-hybridized carbons (Fsp3) is 0.250. The van der Waals surface area contributed by atoms with Crippen molar-refractivity contribution in [3.05, 3.63) is 34.8 Å². The number of hydrogen-bond acceptors (Lipinski definition) is 4. The highest BCUT2D eigenvalue weighted by Gasteiger charge is 2.12. The van der Waals surface area contributed by atoms with Crippen molar-refractivity contribution >= 4 is 12.2 Å². The van der Waals surface area contributed by atoms with Crippen LogP contribution in [0.3, 0.4) is 0 Å². The molecule has 0 aromatic carbocycles. The molecule has 0 saturated carbocycles. The molecule has 0 radical (unpaired) electrons. The average Bonchev–Trinajstić information content (AvgIpc) is 2.84. The van der Waals surface area contributed by atoms with E-state index in [-0.39, 0.29) is 5.96 Å². The van der Waals surface area contributed by atoms with Gasteiger partial charge in [0.05, 0.1) is 6.21 Å². The number of aromatic nitrogens is 2. The summed E-state index contributed by atoms with van der Waals surface area (Å²) >= 11 is 0. The molecule has 100 valence electrons. The smallest absolute Gasteiger partial charge is 0.211 e. The van der Waals surface area contributed by atoms with Crippen molar-refractivity contribution < 1.29 is 4.52 Å². The van der Waals surface area contributed by atoms with E-state index in [9.17, 15) is 0 Å². The summed E-state index contributed by atoms with van der Waals surface area (Å²) in [7, 11) is 0. The van der Waals surface area contributed by atoms with Crippen LogP contribution in [0.25, 0.3) is 5.82 Å². The van der Waals surface area contributed by atoms with Gasteiger partial charge in [-0.25, -0.2) is 0 Å². The van der Waals surface area contributed by atoms with Crippen molar-refractivity contribution in [3.8, 4) is 5.82 Å². The average molecular weight is 260 g/mol. The minimum absolute atomic E-state index is 0.0721. The molecule has 0 aliphatic carbocycles. The SMILES string of the molecule is Cc1cc(-n2c(C)cc(/C=N/N=C(N)N)c2C)no1. The Morgan fingerprint density at radius 2 is 2.05 bits per heavy atom. The quantitative estimate of drug-likeness (QED) is 0.487. The van der Waals surface area contributed by atoms with Gasteiger partial charge in [0.15, 0.2) is 5.82 Å². The second-order valence-corrected chi connectivity index (χ2v) is 4.23. The molecule has 0 atom stereocenters. The van der Waals surface area contributed by atoms with Crippen molar-refractivity contribution in [1.29, 1.82) is 0 Å². The Kier molecular flexibility index (Phi) is 3.37. The number of guanidine groups is 1. The molecule has 0 aliphatic rings. The highest BCUT2D eigenvalue weighted by Crippen LogP contribution is 2.19. The summed E-state index contributed by atoms with van der Waals surface area (Å²) in [6.07, 6.45) is 1.60. The van der Waals surface area contributed by atoms with E-state index in [1.54, 1.807) is 6.21 Å². The first-order valence-corrected chi connectivity index (χ1v) is 5.73. The zero-order chi connectivity index (χ0) is 14.0. The molecule has 19 heavy (non-hydrogen) atoms. The molecule has 0 spiro atoms. The number of nitrogens with two attached hydrogens (primary N) is 2. The molecule has 2 heterocycles. The van der Waals surface area contributed by atoms with Crippen LogP contribution in [0.2, 0.25) is 0 Å². The van der Waals surface area contributed by atoms with Gasteiger partial charge in [-0.15, -0.1) is 5.10 Å². The molecule has 2 aromatic heterocycles. The van der Waals surface area contributed by atoms with Crippen molar-refractivity contribution in [3.63, 3.8) is 0 Å². The Hall–Kier alpha value is -2.57. The number of rotatable bonds is 3. The molecule has 0 amide bonds. The second kappa shape index (κ2) is 4.97. The molecular formula is C12H16N6O. The van der Waals surface area contributed by atoms with Crippen LogP contribution in [-0.2, 0) is 0 Å². The lowest BCUT2D eigenvalue weighted by Crippen LogP contribution is -2.21. The molecular weight excluding hydrogens is 244 g/mol. The molecule has 0 fully saturated rings. The molecule has 0 aliphatic heterocycles. The van der Waals surface area contributed by atoms with Crippen LogP contribution in [0.1, 0.15) is 22.7 Å². The fourth-order valence-electron chi connectivity index (χ4n) is 1.89. The van der Waals surface area contributed by atoms with E-state index in [0.717, 1.165) is 28.5 Å². The Bertz CT molecular complexity index is 645. The van der Waals surface area contributed by atoms with Gasteiger partial charge in [0.1, 0.15) is 5.76 Å². The van der Waals surface area contributed by atoms with E-state index in [4.69, 9.17) is 16.0 Å². The molecule has 2 rings (SSSR count). The molecule has 0 unspecified atom stereocenters. The Morgan fingerprint density at radius 1 is 1.32 bits per heavy atom. The van der Waals surface area contributed by atoms with Crippen LogP contribution >= 0.6 is 0 Å². The van der Waals surface area contributed by atoms with Gasteiger partial charge < -0.3 is 16.0 Å². The van der Waals surface area contributed by atoms with Gasteiger partial charge in [0.25, 0.3) is 0 Å². The molecule has 0 bridgehead atoms. The van der Waals surface area contributed by atoms with Gasteiger partial charge in [-0.3, -0.25) is 4.57 Å². The minimum atomic E-state index is -0.0721. The van der Waals surface area contributed by atoms with Crippen LogP contribution in [0, 0.1) is 20.8 Å². The maximum Gasteiger partial charge on any atom is 0.211 e. The third kappa shape index (κ3) is 2.65. The highest BCUT2D eigenvalue weighted by molar-refractivity contribution is 5.83. The van der Waals surface area contributed by atoms with Crippen LogP contribution in [0.15, 0.2) is 26.9 Å². The molecule has 0 saturated heterocycles. The highest BCUT2D eigenvalue weighted by atomic mass is 16.5. The number of nitrogens with zero attached hydrogens (tertiary/aromatic N) is 4. The van der Waals surface area contributed by atoms with Crippen LogP contribution in [0.4, 0.5) is 0 Å². The number of aryl methyl sites for hydroxylation is 2. The third-order valence-electron chi connectivity index (χ3n) is 2.68. The lowest BCUT2D eigenvalue weighted by atomic mass is 10.3. The van der Waals surface area contributed by atoms with E-state index in [2.05, 4.69) is 15.4 Å². The summed E-state index contributed by atoms with van der Waals surface area (Å²) < 4.78 is 7.07. The topological polar surface area (TPSA) is 108 Å². The number of hydrogen-bond donors (Lipinski definition) is 2. The zero-order valence-corrected chi connectivity index (χ0v) is 11.1. The first kappa shape index (κ1) is 12.9. The van der Waals surface area contributed by atoms with E-state index < -0.39 is 0 Å². The van der Waals surface area contributed by atoms with Gasteiger partial charge in [-0.1, -0.05) is 5.16 Å². The summed E-state index contributed by atoms with van der Waals surface area (Å²) in [6.45, 7) is 5.80. The van der Waals surface area contributed by atoms with E-state index in [1.807, 2.05) is 37.5 Å². The van der Waals surface area contributed by atoms with Crippen molar-refractivity contribution in [2.75, 3.05) is 0 Å². The normalized spacial score (nSPS) is 11.1. The maximum atomic E-state index is 5.21. The van der Waals surface area contributed by atoms with Crippen molar-refractivity contribution in [2.24, 2.45) is 21.7 Å². The Balaban J connectivity index is 2.40. The fourth-order valence-corrected chi connectivity index (χ4v) is 1.89. The summed E-state index contributed by atoms with van der Waals surface area (Å²) in [5.74, 6) is 1.43. The van der Waals surface area contributed by atoms with Gasteiger partial charge in [0.2, 0.25) is 5.96 Å². The Labute approximate surface area is 110 Å². The first-order valence-electron chi connectivity index (χ1n) is 5.73. The first-order chi connectivity index (χ1) is 8.99. The standard InChI is InChI=1S/C12H16N6O/c1-7-4-10(6-15-16-12(13)14)9(3)18(7)11-5-8(2)19-17-11/h4-6H,1-3H3,(H4,13,14,16)/b15-6+. The van der Waals surface area contributed by atoms with Crippen LogP contribution < -0.4 is 11.5 Å². The van der Waals surface area contributed by atoms with Crippen LogP contribution in [-0.4, -0.2) is 21.9 Å². The van der Waals surface area contributed by atoms with E-state index in [0.29, 0.717) is 0 Å². The van der Waals surface area contributed by atoms with Gasteiger partial charge in [0, 0.05) is 23.0 Å². The van der Waals surface area contributed by atoms with Gasteiger partial charge >= 0.3 is 0 Å². The summed E-state index contributed by atoms with van der Waals surface area (Å²) in [6, 6.07) is 3.85. The largest absolute Gasteiger partial charge is 0.369 e. The monoisotopic (exact) mass is 260 g/mol. The van der Waals surface area contributed by atoms with Crippen molar-refractivity contribution in [2.45, 2.75) is 20.8 Å². The zero-order valence-electron chi connectivity index (χ0n) is 11.1. The predicted octanol–water partition coefficient (Wildman–Crippen LogP) is 0.998. The van der Waals surface area contributed by atoms with Crippen molar-refractivity contribution in [1.82, 2.24) is 9.72 Å². The second-order valence-electron chi connectivity index (χ2n) is 4.23. The molecule has 7 nitrogen and oxygen atoms in total.